The van der Waals surface area contributed by atoms with Crippen LogP contribution in [0.1, 0.15) is 24.2 Å². The van der Waals surface area contributed by atoms with Gasteiger partial charge in [-0.25, -0.2) is 4.79 Å². The second-order valence-corrected chi connectivity index (χ2v) is 5.76. The first-order valence-electron chi connectivity index (χ1n) is 8.44. The molecule has 0 N–H and O–H groups in total. The van der Waals surface area contributed by atoms with Crippen LogP contribution in [0.4, 0.5) is 0 Å². The Labute approximate surface area is 151 Å². The van der Waals surface area contributed by atoms with Crippen molar-refractivity contribution in [2.75, 3.05) is 13.2 Å². The number of ether oxygens (including phenoxy) is 4. The Morgan fingerprint density at radius 3 is 2.50 bits per heavy atom. The molecule has 0 aliphatic carbocycles. The molecule has 0 aromatic heterocycles. The molecule has 1 aliphatic rings. The minimum atomic E-state index is -0.929. The van der Waals surface area contributed by atoms with Crippen LogP contribution in [0.5, 0.6) is 17.2 Å². The lowest BCUT2D eigenvalue weighted by Crippen LogP contribution is -2.40. The van der Waals surface area contributed by atoms with Gasteiger partial charge < -0.3 is 18.9 Å². The minimum absolute atomic E-state index is 0.0415. The quantitative estimate of drug-likeness (QED) is 0.585. The number of hydrogen-bond donors (Lipinski definition) is 0. The molecule has 2 atom stereocenters. The highest BCUT2D eigenvalue weighted by Gasteiger charge is 2.31. The summed E-state index contributed by atoms with van der Waals surface area (Å²) in [7, 11) is 0. The van der Waals surface area contributed by atoms with Crippen LogP contribution in [-0.2, 0) is 9.53 Å². The van der Waals surface area contributed by atoms with Crippen LogP contribution in [0.15, 0.2) is 48.5 Å². The van der Waals surface area contributed by atoms with Crippen LogP contribution >= 0.6 is 0 Å². The maximum atomic E-state index is 12.4. The fourth-order valence-electron chi connectivity index (χ4n) is 2.56. The lowest BCUT2D eigenvalue weighted by molar-refractivity contribution is -0.157. The largest absolute Gasteiger partial charge is 0.494 e. The Morgan fingerprint density at radius 2 is 1.81 bits per heavy atom. The summed E-state index contributed by atoms with van der Waals surface area (Å²) in [4.78, 5) is 24.7. The second-order valence-electron chi connectivity index (χ2n) is 5.76. The van der Waals surface area contributed by atoms with Gasteiger partial charge in [-0.2, -0.15) is 0 Å². The molecule has 0 unspecified atom stereocenters. The molecule has 6 nitrogen and oxygen atoms in total. The normalized spacial score (nSPS) is 16.5. The Morgan fingerprint density at radius 1 is 1.12 bits per heavy atom. The number of carbonyl (C=O) groups excluding carboxylic acids is 2. The Kier molecular flexibility index (Phi) is 5.41. The number of hydrogen-bond acceptors (Lipinski definition) is 6. The maximum Gasteiger partial charge on any atom is 0.351 e. The van der Waals surface area contributed by atoms with Gasteiger partial charge in [-0.1, -0.05) is 12.1 Å². The summed E-state index contributed by atoms with van der Waals surface area (Å²) in [5.74, 6) is 0.811. The van der Waals surface area contributed by atoms with E-state index in [4.69, 9.17) is 18.9 Å². The Balaban J connectivity index is 1.59. The first-order valence-corrected chi connectivity index (χ1v) is 8.44. The molecule has 0 saturated carbocycles. The average molecular weight is 356 g/mol. The number of esters is 1. The molecule has 2 aromatic rings. The fourth-order valence-corrected chi connectivity index (χ4v) is 2.56. The molecule has 0 bridgehead atoms. The summed E-state index contributed by atoms with van der Waals surface area (Å²) < 4.78 is 21.7. The van der Waals surface area contributed by atoms with E-state index in [0.717, 1.165) is 0 Å². The predicted octanol–water partition coefficient (Wildman–Crippen LogP) is 3.04. The number of rotatable bonds is 6. The summed E-state index contributed by atoms with van der Waals surface area (Å²) in [6, 6.07) is 13.8. The topological polar surface area (TPSA) is 71.1 Å². The summed E-state index contributed by atoms with van der Waals surface area (Å²) in [5.41, 5.74) is 0.444. The number of Topliss-reactive ketones (excluding diaryl/α,β-unsaturated/α-hetero) is 1. The van der Waals surface area contributed by atoms with E-state index < -0.39 is 18.2 Å². The molecule has 26 heavy (non-hydrogen) atoms. The molecule has 1 aliphatic heterocycles. The number of ketones is 1. The standard InChI is InChI=1S/C20H20O6/c1-3-23-15-10-8-14(9-11-15)19(21)13(2)25-20(22)18-12-24-16-6-4-5-7-17(16)26-18/h4-11,13,18H,3,12H2,1-2H3/t13-,18-/m0/s1. The lowest BCUT2D eigenvalue weighted by Gasteiger charge is -2.25. The molecule has 1 heterocycles. The zero-order valence-electron chi connectivity index (χ0n) is 14.6. The number of fused-ring (bicyclic) bond motifs is 1. The van der Waals surface area contributed by atoms with Crippen molar-refractivity contribution in [1.29, 1.82) is 0 Å². The van der Waals surface area contributed by atoms with Gasteiger partial charge in [0.05, 0.1) is 6.61 Å². The summed E-state index contributed by atoms with van der Waals surface area (Å²) in [6.45, 7) is 4.01. The number of para-hydroxylation sites is 2. The van der Waals surface area contributed by atoms with Crippen molar-refractivity contribution in [1.82, 2.24) is 0 Å². The van der Waals surface area contributed by atoms with Crippen molar-refractivity contribution < 1.29 is 28.5 Å². The van der Waals surface area contributed by atoms with E-state index in [-0.39, 0.29) is 12.4 Å². The molecule has 0 amide bonds. The highest BCUT2D eigenvalue weighted by molar-refractivity contribution is 6.00. The van der Waals surface area contributed by atoms with Crippen molar-refractivity contribution in [3.05, 3.63) is 54.1 Å². The van der Waals surface area contributed by atoms with Crippen LogP contribution in [0, 0.1) is 0 Å². The second kappa shape index (κ2) is 7.91. The van der Waals surface area contributed by atoms with Gasteiger partial charge in [0.25, 0.3) is 0 Å². The van der Waals surface area contributed by atoms with E-state index in [1.807, 2.05) is 13.0 Å². The molecule has 6 heteroatoms. The van der Waals surface area contributed by atoms with Gasteiger partial charge in [-0.3, -0.25) is 4.79 Å². The van der Waals surface area contributed by atoms with Crippen molar-refractivity contribution in [2.45, 2.75) is 26.1 Å². The Hall–Kier alpha value is -3.02. The minimum Gasteiger partial charge on any atom is -0.494 e. The van der Waals surface area contributed by atoms with Gasteiger partial charge >= 0.3 is 5.97 Å². The van der Waals surface area contributed by atoms with Gasteiger partial charge in [0.1, 0.15) is 12.4 Å². The lowest BCUT2D eigenvalue weighted by atomic mass is 10.1. The molecule has 0 spiro atoms. The monoisotopic (exact) mass is 356 g/mol. The smallest absolute Gasteiger partial charge is 0.351 e. The first-order chi connectivity index (χ1) is 12.6. The molecule has 0 saturated heterocycles. The molecular formula is C20H20O6. The maximum absolute atomic E-state index is 12.4. The average Bonchev–Trinajstić information content (AvgIpc) is 2.67. The molecule has 2 aromatic carbocycles. The molecule has 0 radical (unpaired) electrons. The summed E-state index contributed by atoms with van der Waals surface area (Å²) in [6.07, 6.45) is -1.83. The highest BCUT2D eigenvalue weighted by Crippen LogP contribution is 2.31. The van der Waals surface area contributed by atoms with Crippen molar-refractivity contribution in [3.8, 4) is 17.2 Å². The van der Waals surface area contributed by atoms with Gasteiger partial charge in [0, 0.05) is 5.56 Å². The van der Waals surface area contributed by atoms with E-state index in [0.29, 0.717) is 29.4 Å². The van der Waals surface area contributed by atoms with E-state index in [2.05, 4.69) is 0 Å². The molecule has 3 rings (SSSR count). The van der Waals surface area contributed by atoms with Crippen molar-refractivity contribution >= 4 is 11.8 Å². The van der Waals surface area contributed by atoms with E-state index in [9.17, 15) is 9.59 Å². The third-order valence-corrected chi connectivity index (χ3v) is 3.88. The molecule has 0 fully saturated rings. The van der Waals surface area contributed by atoms with Crippen LogP contribution in [0.3, 0.4) is 0 Å². The van der Waals surface area contributed by atoms with Crippen LogP contribution < -0.4 is 14.2 Å². The Bertz CT molecular complexity index is 783. The molecule has 136 valence electrons. The van der Waals surface area contributed by atoms with Crippen LogP contribution in [0.2, 0.25) is 0 Å². The zero-order chi connectivity index (χ0) is 18.5. The zero-order valence-corrected chi connectivity index (χ0v) is 14.6. The third-order valence-electron chi connectivity index (χ3n) is 3.88. The first kappa shape index (κ1) is 17.8. The van der Waals surface area contributed by atoms with Gasteiger partial charge in [-0.05, 0) is 50.2 Å². The van der Waals surface area contributed by atoms with E-state index >= 15 is 0 Å². The SMILES string of the molecule is CCOc1ccc(C(=O)[C@H](C)OC(=O)[C@@H]2COc3ccccc3O2)cc1. The van der Waals surface area contributed by atoms with Gasteiger partial charge in [-0.15, -0.1) is 0 Å². The highest BCUT2D eigenvalue weighted by atomic mass is 16.6. The van der Waals surface area contributed by atoms with Crippen molar-refractivity contribution in [2.24, 2.45) is 0 Å². The summed E-state index contributed by atoms with van der Waals surface area (Å²) in [5, 5.41) is 0. The molecular weight excluding hydrogens is 336 g/mol. The van der Waals surface area contributed by atoms with E-state index in [1.165, 1.54) is 6.92 Å². The fraction of sp³-hybridized carbons (Fsp3) is 0.300. The number of benzene rings is 2. The third kappa shape index (κ3) is 3.96. The van der Waals surface area contributed by atoms with Crippen LogP contribution in [0.25, 0.3) is 0 Å². The van der Waals surface area contributed by atoms with Gasteiger partial charge in [0.15, 0.2) is 17.6 Å². The summed E-state index contributed by atoms with van der Waals surface area (Å²) >= 11 is 0. The van der Waals surface area contributed by atoms with Crippen molar-refractivity contribution in [3.63, 3.8) is 0 Å². The number of carbonyl (C=O) groups is 2. The van der Waals surface area contributed by atoms with E-state index in [1.54, 1.807) is 42.5 Å². The predicted molar refractivity (Wildman–Crippen MR) is 93.8 cm³/mol. The van der Waals surface area contributed by atoms with Gasteiger partial charge in [0.2, 0.25) is 11.9 Å². The van der Waals surface area contributed by atoms with Crippen LogP contribution in [-0.4, -0.2) is 37.2 Å².